The minimum atomic E-state index is 0. The fraction of sp³-hybridized carbons (Fsp3) is 0.306. The number of allylic oxidation sites excluding steroid dienone is 8. The van der Waals surface area contributed by atoms with Gasteiger partial charge in [0, 0.05) is 10.8 Å². The maximum absolute atomic E-state index is 3.40. The molecule has 0 fully saturated rings. The van der Waals surface area contributed by atoms with Crippen LogP contribution in [0.5, 0.6) is 0 Å². The van der Waals surface area contributed by atoms with Crippen molar-refractivity contribution in [2.45, 2.75) is 87.0 Å². The molecule has 0 bridgehead atoms. The van der Waals surface area contributed by atoms with Crippen molar-refractivity contribution < 1.29 is 49.0 Å². The molecule has 0 spiro atoms. The van der Waals surface area contributed by atoms with Crippen molar-refractivity contribution in [3.05, 3.63) is 160 Å². The van der Waals surface area contributed by atoms with Crippen molar-refractivity contribution in [1.82, 2.24) is 0 Å². The molecule has 0 radical (unpaired) electrons. The molecule has 0 saturated heterocycles. The molecule has 0 aliphatic heterocycles. The topological polar surface area (TPSA) is 0 Å². The van der Waals surface area contributed by atoms with Crippen LogP contribution in [0.1, 0.15) is 110 Å². The molecule has 0 saturated carbocycles. The first kappa shape index (κ1) is 41.8. The number of halogens is 2. The molecule has 5 aromatic carbocycles. The Kier molecular flexibility index (Phi) is 12.7. The maximum atomic E-state index is 3.40. The average Bonchev–Trinajstić information content (AvgIpc) is 3.74. The summed E-state index contributed by atoms with van der Waals surface area (Å²) < 4.78 is 1.42. The number of benzene rings is 4. The molecule has 268 valence electrons. The van der Waals surface area contributed by atoms with E-state index in [4.69, 9.17) is 0 Å². The van der Waals surface area contributed by atoms with Crippen molar-refractivity contribution in [3.63, 3.8) is 0 Å². The molecule has 8 rings (SSSR count). The summed E-state index contributed by atoms with van der Waals surface area (Å²) >= 11 is 1.46. The summed E-state index contributed by atoms with van der Waals surface area (Å²) in [5, 5.41) is 5.57. The van der Waals surface area contributed by atoms with E-state index in [-0.39, 0.29) is 35.6 Å². The molecule has 3 heteroatoms. The Hall–Kier alpha value is -2.96. The second-order valence-corrected chi connectivity index (χ2v) is 17.9. The van der Waals surface area contributed by atoms with Crippen LogP contribution < -0.4 is 24.8 Å². The van der Waals surface area contributed by atoms with Crippen molar-refractivity contribution in [1.29, 1.82) is 0 Å². The van der Waals surface area contributed by atoms with Gasteiger partial charge in [0.25, 0.3) is 0 Å². The summed E-state index contributed by atoms with van der Waals surface area (Å²) in [4.78, 5) is 0. The predicted octanol–water partition coefficient (Wildman–Crippen LogP) is 7.27. The summed E-state index contributed by atoms with van der Waals surface area (Å²) in [5.74, 6) is 0.518. The van der Waals surface area contributed by atoms with E-state index in [0.717, 1.165) is 0 Å². The third-order valence-electron chi connectivity index (χ3n) is 10.6. The van der Waals surface area contributed by atoms with Gasteiger partial charge in [-0.2, -0.15) is 11.6 Å². The Balaban J connectivity index is 0.000000191. The van der Waals surface area contributed by atoms with Crippen molar-refractivity contribution in [2.75, 3.05) is 0 Å². The van der Waals surface area contributed by atoms with E-state index in [1.165, 1.54) is 105 Å². The zero-order chi connectivity index (χ0) is 36.2. The summed E-state index contributed by atoms with van der Waals surface area (Å²) in [6.45, 7) is 24.9. The SMILES string of the molecule is CC1=CC(C)(C)c2cc3[cH-]c4cc5c(cc4c3cc21)C(C)=CC5(C)C.CC1=[C-]C(C)C=C1C(C)(C)C.[Cl-].[Cl-].[Zr+2]=[C](c1ccccc1)c1ccccc1. The summed E-state index contributed by atoms with van der Waals surface area (Å²) in [6.07, 6.45) is 10.5. The fourth-order valence-corrected chi connectivity index (χ4v) is 9.06. The van der Waals surface area contributed by atoms with Gasteiger partial charge in [-0.05, 0) is 36.1 Å². The van der Waals surface area contributed by atoms with E-state index in [1.807, 2.05) is 0 Å². The summed E-state index contributed by atoms with van der Waals surface area (Å²) in [7, 11) is 0. The van der Waals surface area contributed by atoms with E-state index in [0.29, 0.717) is 11.3 Å². The molecule has 0 amide bonds. The van der Waals surface area contributed by atoms with E-state index < -0.39 is 0 Å². The Bertz CT molecular complexity index is 2100. The van der Waals surface area contributed by atoms with Crippen molar-refractivity contribution in [2.24, 2.45) is 11.3 Å². The van der Waals surface area contributed by atoms with Crippen molar-refractivity contribution in [3.8, 4) is 0 Å². The van der Waals surface area contributed by atoms with Crippen LogP contribution in [-0.2, 0) is 35.1 Å². The summed E-state index contributed by atoms with van der Waals surface area (Å²) in [6, 6.07) is 33.2. The Morgan fingerprint density at radius 2 is 1.08 bits per heavy atom. The van der Waals surface area contributed by atoms with Crippen LogP contribution in [0, 0.1) is 17.4 Å². The third-order valence-corrected chi connectivity index (χ3v) is 12.0. The van der Waals surface area contributed by atoms with Gasteiger partial charge >= 0.3 is 99.2 Å². The molecule has 1 unspecified atom stereocenters. The van der Waals surface area contributed by atoms with E-state index in [1.54, 1.807) is 0 Å². The molecular formula is C49H52Cl2Zr-2. The monoisotopic (exact) mass is 800 g/mol. The molecular weight excluding hydrogens is 751 g/mol. The molecule has 5 aromatic rings. The Labute approximate surface area is 340 Å². The number of hydrogen-bond donors (Lipinski definition) is 0. The molecule has 52 heavy (non-hydrogen) atoms. The van der Waals surface area contributed by atoms with Crippen LogP contribution in [0.4, 0.5) is 0 Å². The van der Waals surface area contributed by atoms with Gasteiger partial charge in [-0.15, -0.1) is 39.7 Å². The normalized spacial score (nSPS) is 17.5. The van der Waals surface area contributed by atoms with E-state index in [9.17, 15) is 0 Å². The summed E-state index contributed by atoms with van der Waals surface area (Å²) in [5.41, 5.74) is 14.7. The van der Waals surface area contributed by atoms with Crippen LogP contribution in [0.3, 0.4) is 0 Å². The van der Waals surface area contributed by atoms with Gasteiger partial charge in [0.05, 0.1) is 0 Å². The van der Waals surface area contributed by atoms with Gasteiger partial charge in [0.2, 0.25) is 0 Å². The average molecular weight is 803 g/mol. The van der Waals surface area contributed by atoms with Crippen LogP contribution in [0.2, 0.25) is 0 Å². The second-order valence-electron chi connectivity index (χ2n) is 16.7. The first-order chi connectivity index (χ1) is 23.5. The molecule has 0 aromatic heterocycles. The zero-order valence-corrected chi connectivity index (χ0v) is 36.7. The van der Waals surface area contributed by atoms with E-state index >= 15 is 0 Å². The van der Waals surface area contributed by atoms with Crippen LogP contribution >= 0.6 is 0 Å². The van der Waals surface area contributed by atoms with Gasteiger partial charge < -0.3 is 24.8 Å². The molecule has 0 N–H and O–H groups in total. The fourth-order valence-electron chi connectivity index (χ4n) is 8.24. The van der Waals surface area contributed by atoms with Gasteiger partial charge in [0.1, 0.15) is 0 Å². The van der Waals surface area contributed by atoms with Crippen LogP contribution in [-0.4, -0.2) is 3.21 Å². The number of fused-ring (bicyclic) bond motifs is 5. The Morgan fingerprint density at radius 3 is 1.40 bits per heavy atom. The predicted molar refractivity (Wildman–Crippen MR) is 216 cm³/mol. The molecule has 0 nitrogen and oxygen atoms in total. The number of hydrogen-bond acceptors (Lipinski definition) is 0. The van der Waals surface area contributed by atoms with Gasteiger partial charge in [-0.3, -0.25) is 6.08 Å². The van der Waals surface area contributed by atoms with Gasteiger partial charge in [0.15, 0.2) is 0 Å². The Morgan fingerprint density at radius 1 is 0.673 bits per heavy atom. The zero-order valence-electron chi connectivity index (χ0n) is 32.7. The van der Waals surface area contributed by atoms with Crippen LogP contribution in [0.15, 0.2) is 120 Å². The van der Waals surface area contributed by atoms with Gasteiger partial charge in [-0.1, -0.05) is 109 Å². The van der Waals surface area contributed by atoms with E-state index in [2.05, 4.69) is 191 Å². The quantitative estimate of drug-likeness (QED) is 0.165. The first-order valence-electron chi connectivity index (χ1n) is 18.1. The third kappa shape index (κ3) is 8.39. The minimum absolute atomic E-state index is 0. The molecule has 1 atom stereocenters. The standard InChI is InChI=1S/C25H25.C13H10.C11H17.2ClH.Zr/c1-14-12-24(3,4)22-8-16-7-17-9-23-19(15(2)13-25(23,5)6)11-21(17)20(16)10-18(14)22;1-3-7-12(8-4-1)11-13-9-5-2-6-10-13;1-8-6-9(2)10(7-8)11(3,4)5;;;/h7-13H,1-6H3;1-10H;7-8H,1-5H3;2*1H;/q-1;;-1;;;+2/p-2. The molecule has 3 aliphatic rings. The molecule has 3 aliphatic carbocycles. The van der Waals surface area contributed by atoms with Gasteiger partial charge in [-0.25, -0.2) is 5.57 Å². The molecule has 0 heterocycles. The van der Waals surface area contributed by atoms with Crippen molar-refractivity contribution >= 4 is 35.9 Å². The van der Waals surface area contributed by atoms with Crippen LogP contribution in [0.25, 0.3) is 32.7 Å². The first-order valence-corrected chi connectivity index (χ1v) is 19.3. The number of rotatable bonds is 2. The second kappa shape index (κ2) is 15.8.